The summed E-state index contributed by atoms with van der Waals surface area (Å²) >= 11 is 16.0. The Labute approximate surface area is 231 Å². The first-order valence-corrected chi connectivity index (χ1v) is 13.2. The van der Waals surface area contributed by atoms with Gasteiger partial charge in [-0.25, -0.2) is 0 Å². The van der Waals surface area contributed by atoms with Crippen LogP contribution >= 0.6 is 51.5 Å². The van der Waals surface area contributed by atoms with Crippen LogP contribution in [0.4, 0.5) is 11.4 Å². The largest absolute Gasteiger partial charge is 0.490 e. The van der Waals surface area contributed by atoms with Crippen LogP contribution in [0.3, 0.4) is 0 Å². The number of carbonyl (C=O) groups excluding carboxylic acids is 2. The van der Waals surface area contributed by atoms with Gasteiger partial charge in [0.15, 0.2) is 22.4 Å². The number of rotatable bonds is 8. The monoisotopic (exact) mass is 602 g/mol. The quantitative estimate of drug-likeness (QED) is 0.223. The van der Waals surface area contributed by atoms with Gasteiger partial charge in [-0.3, -0.25) is 14.5 Å². The molecular weight excluding hydrogens is 584 g/mol. The van der Waals surface area contributed by atoms with Gasteiger partial charge in [-0.05, 0) is 79.2 Å². The van der Waals surface area contributed by atoms with Crippen LogP contribution in [-0.4, -0.2) is 29.3 Å². The lowest BCUT2D eigenvalue weighted by atomic mass is 10.1. The van der Waals surface area contributed by atoms with Gasteiger partial charge in [0.2, 0.25) is 0 Å². The zero-order valence-corrected chi connectivity index (χ0v) is 23.0. The molecule has 1 N–H and O–H groups in total. The Bertz CT molecular complexity index is 1330. The molecule has 1 heterocycles. The van der Waals surface area contributed by atoms with Crippen molar-refractivity contribution in [1.29, 1.82) is 0 Å². The van der Waals surface area contributed by atoms with E-state index >= 15 is 0 Å². The second-order valence-corrected chi connectivity index (χ2v) is 10.5. The first-order valence-electron chi connectivity index (χ1n) is 10.8. The number of nitrogens with zero attached hydrogens (tertiary/aromatic N) is 1. The van der Waals surface area contributed by atoms with Crippen molar-refractivity contribution in [3.63, 3.8) is 0 Å². The highest BCUT2D eigenvalue weighted by atomic mass is 79.9. The first-order chi connectivity index (χ1) is 17.3. The van der Waals surface area contributed by atoms with E-state index in [4.69, 9.17) is 33.3 Å². The van der Waals surface area contributed by atoms with Crippen LogP contribution in [0.5, 0.6) is 11.5 Å². The number of thiocarbonyl (C=S) groups is 1. The number of thioether (sulfide) groups is 1. The van der Waals surface area contributed by atoms with Gasteiger partial charge in [-0.2, -0.15) is 0 Å². The van der Waals surface area contributed by atoms with E-state index in [2.05, 4.69) is 21.2 Å². The molecule has 4 rings (SSSR count). The summed E-state index contributed by atoms with van der Waals surface area (Å²) in [5.74, 6) is 0.384. The van der Waals surface area contributed by atoms with Crippen molar-refractivity contribution in [2.75, 3.05) is 23.4 Å². The molecule has 6 nitrogen and oxygen atoms in total. The number of halogens is 2. The van der Waals surface area contributed by atoms with Crippen LogP contribution in [0.25, 0.3) is 6.08 Å². The van der Waals surface area contributed by atoms with Gasteiger partial charge in [0.1, 0.15) is 0 Å². The number of anilines is 2. The lowest BCUT2D eigenvalue weighted by Gasteiger charge is -2.14. The molecule has 10 heteroatoms. The molecule has 184 valence electrons. The second-order valence-electron chi connectivity index (χ2n) is 7.48. The minimum Gasteiger partial charge on any atom is -0.490 e. The van der Waals surface area contributed by atoms with Crippen molar-refractivity contribution in [2.24, 2.45) is 0 Å². The minimum atomic E-state index is -0.297. The highest BCUT2D eigenvalue weighted by Crippen LogP contribution is 2.37. The number of hydrogen-bond acceptors (Lipinski definition) is 6. The number of benzene rings is 3. The van der Waals surface area contributed by atoms with Gasteiger partial charge >= 0.3 is 0 Å². The van der Waals surface area contributed by atoms with Gasteiger partial charge in [-0.15, -0.1) is 0 Å². The Morgan fingerprint density at radius 1 is 1.08 bits per heavy atom. The Morgan fingerprint density at radius 3 is 2.50 bits per heavy atom. The summed E-state index contributed by atoms with van der Waals surface area (Å²) in [6.07, 6.45) is 1.75. The lowest BCUT2D eigenvalue weighted by molar-refractivity contribution is -0.118. The molecule has 0 saturated carbocycles. The maximum atomic E-state index is 13.0. The first kappa shape index (κ1) is 26.2. The molecule has 2 amide bonds. The van der Waals surface area contributed by atoms with E-state index < -0.39 is 0 Å². The molecule has 0 radical (unpaired) electrons. The van der Waals surface area contributed by atoms with Crippen LogP contribution < -0.4 is 19.7 Å². The second kappa shape index (κ2) is 11.9. The summed E-state index contributed by atoms with van der Waals surface area (Å²) in [4.78, 5) is 27.3. The van der Waals surface area contributed by atoms with E-state index in [0.717, 1.165) is 10.0 Å². The average molecular weight is 604 g/mol. The number of nitrogens with one attached hydrogen (secondary N) is 1. The fourth-order valence-corrected chi connectivity index (χ4v) is 5.00. The summed E-state index contributed by atoms with van der Waals surface area (Å²) in [6, 6.07) is 19.5. The standard InChI is InChI=1S/C26H20BrClN2O4S2/c1-2-33-22-13-16(3-12-21(22)34-15-24(31)29-19-8-4-17(27)5-9-19)14-23-25(32)30(26(35)36-23)20-10-6-18(28)7-11-20/h3-14H,2,15H2,1H3,(H,29,31)/b23-14-. The maximum Gasteiger partial charge on any atom is 0.270 e. The van der Waals surface area contributed by atoms with Gasteiger partial charge < -0.3 is 14.8 Å². The van der Waals surface area contributed by atoms with Crippen molar-refractivity contribution in [3.05, 3.63) is 86.7 Å². The molecule has 0 atom stereocenters. The Hall–Kier alpha value is -2.85. The normalized spacial score (nSPS) is 14.3. The van der Waals surface area contributed by atoms with E-state index in [-0.39, 0.29) is 18.4 Å². The van der Waals surface area contributed by atoms with Crippen LogP contribution in [0.15, 0.2) is 76.1 Å². The third-order valence-electron chi connectivity index (χ3n) is 4.93. The van der Waals surface area contributed by atoms with E-state index in [1.807, 2.05) is 19.1 Å². The number of hydrogen-bond donors (Lipinski definition) is 1. The summed E-state index contributed by atoms with van der Waals surface area (Å²) in [5.41, 5.74) is 2.07. The molecule has 3 aromatic carbocycles. The Morgan fingerprint density at radius 2 is 1.81 bits per heavy atom. The SMILES string of the molecule is CCOc1cc(/C=C2\SC(=S)N(c3ccc(Cl)cc3)C2=O)ccc1OCC(=O)Nc1ccc(Br)cc1. The van der Waals surface area contributed by atoms with Crippen LogP contribution in [-0.2, 0) is 9.59 Å². The average Bonchev–Trinajstić information content (AvgIpc) is 3.13. The molecule has 0 aliphatic carbocycles. The maximum absolute atomic E-state index is 13.0. The van der Waals surface area contributed by atoms with Crippen molar-refractivity contribution in [1.82, 2.24) is 0 Å². The highest BCUT2D eigenvalue weighted by Gasteiger charge is 2.33. The summed E-state index contributed by atoms with van der Waals surface area (Å²) in [6.45, 7) is 2.08. The molecule has 1 saturated heterocycles. The summed E-state index contributed by atoms with van der Waals surface area (Å²) < 4.78 is 12.8. The molecule has 1 aliphatic heterocycles. The third kappa shape index (κ3) is 6.47. The molecule has 36 heavy (non-hydrogen) atoms. The molecule has 0 unspecified atom stereocenters. The molecule has 0 bridgehead atoms. The molecule has 0 spiro atoms. The Balaban J connectivity index is 1.47. The zero-order valence-electron chi connectivity index (χ0n) is 19.0. The Kier molecular flexibility index (Phi) is 8.68. The van der Waals surface area contributed by atoms with E-state index in [9.17, 15) is 9.59 Å². The minimum absolute atomic E-state index is 0.185. The van der Waals surface area contributed by atoms with Gasteiger partial charge in [0.25, 0.3) is 11.8 Å². The lowest BCUT2D eigenvalue weighted by Crippen LogP contribution is -2.27. The number of ether oxygens (including phenoxy) is 2. The highest BCUT2D eigenvalue weighted by molar-refractivity contribution is 9.10. The van der Waals surface area contributed by atoms with E-state index in [0.29, 0.717) is 43.7 Å². The van der Waals surface area contributed by atoms with Gasteiger partial charge in [0.05, 0.1) is 17.2 Å². The van der Waals surface area contributed by atoms with Crippen molar-refractivity contribution in [2.45, 2.75) is 6.92 Å². The molecule has 1 aliphatic rings. The number of amides is 2. The van der Waals surface area contributed by atoms with Crippen molar-refractivity contribution in [3.8, 4) is 11.5 Å². The van der Waals surface area contributed by atoms with Crippen LogP contribution in [0.1, 0.15) is 12.5 Å². The van der Waals surface area contributed by atoms with Crippen molar-refractivity contribution >= 4 is 85.1 Å². The number of carbonyl (C=O) groups is 2. The topological polar surface area (TPSA) is 67.9 Å². The summed E-state index contributed by atoms with van der Waals surface area (Å²) in [7, 11) is 0. The third-order valence-corrected chi connectivity index (χ3v) is 7.01. The fraction of sp³-hybridized carbons (Fsp3) is 0.115. The van der Waals surface area contributed by atoms with Crippen LogP contribution in [0, 0.1) is 0 Å². The zero-order chi connectivity index (χ0) is 25.7. The smallest absolute Gasteiger partial charge is 0.270 e. The van der Waals surface area contributed by atoms with Gasteiger partial charge in [-0.1, -0.05) is 57.6 Å². The van der Waals surface area contributed by atoms with E-state index in [1.165, 1.54) is 16.7 Å². The molecule has 1 fully saturated rings. The van der Waals surface area contributed by atoms with E-state index in [1.54, 1.807) is 60.7 Å². The van der Waals surface area contributed by atoms with Crippen LogP contribution in [0.2, 0.25) is 5.02 Å². The fourth-order valence-electron chi connectivity index (χ4n) is 3.31. The molecule has 0 aromatic heterocycles. The molecule has 3 aromatic rings. The van der Waals surface area contributed by atoms with Gasteiger partial charge in [0, 0.05) is 15.2 Å². The van der Waals surface area contributed by atoms with Crippen molar-refractivity contribution < 1.29 is 19.1 Å². The molecular formula is C26H20BrClN2O4S2. The predicted octanol–water partition coefficient (Wildman–Crippen LogP) is 6.92. The summed E-state index contributed by atoms with van der Waals surface area (Å²) in [5, 5.41) is 3.36. The predicted molar refractivity (Wildman–Crippen MR) is 153 cm³/mol.